The second-order valence-electron chi connectivity index (χ2n) is 8.10. The number of carbonyl (C=O) groups excluding carboxylic acids is 1. The van der Waals surface area contributed by atoms with E-state index in [4.69, 9.17) is 17.3 Å². The molecule has 1 spiro atoms. The van der Waals surface area contributed by atoms with Crippen LogP contribution in [0.4, 0.5) is 15.9 Å². The van der Waals surface area contributed by atoms with E-state index in [1.807, 2.05) is 0 Å². The third-order valence-corrected chi connectivity index (χ3v) is 6.78. The quantitative estimate of drug-likeness (QED) is 0.430. The topological polar surface area (TPSA) is 110 Å². The number of anilines is 2. The zero-order valence-electron chi connectivity index (χ0n) is 16.3. The van der Waals surface area contributed by atoms with Crippen molar-refractivity contribution >= 4 is 28.9 Å². The van der Waals surface area contributed by atoms with Gasteiger partial charge in [0.25, 0.3) is 0 Å². The molecule has 0 saturated heterocycles. The van der Waals surface area contributed by atoms with Crippen molar-refractivity contribution in [3.05, 3.63) is 52.4 Å². The molecule has 0 radical (unpaired) electrons. The highest BCUT2D eigenvalue weighted by molar-refractivity contribution is 6.34. The van der Waals surface area contributed by atoms with Crippen LogP contribution < -0.4 is 11.1 Å². The van der Waals surface area contributed by atoms with Crippen LogP contribution in [0.2, 0.25) is 5.02 Å². The average molecular weight is 427 g/mol. The largest absolute Gasteiger partial charge is 0.398 e. The van der Waals surface area contributed by atoms with Gasteiger partial charge < -0.3 is 11.1 Å². The van der Waals surface area contributed by atoms with Gasteiger partial charge in [-0.1, -0.05) is 11.6 Å². The Hall–Kier alpha value is -3.00. The van der Waals surface area contributed by atoms with E-state index >= 15 is 4.39 Å². The molecule has 30 heavy (non-hydrogen) atoms. The van der Waals surface area contributed by atoms with E-state index in [0.717, 1.165) is 36.5 Å². The van der Waals surface area contributed by atoms with E-state index in [1.165, 1.54) is 19.3 Å². The highest BCUT2D eigenvalue weighted by Crippen LogP contribution is 2.55. The Kier molecular flexibility index (Phi) is 4.28. The van der Waals surface area contributed by atoms with Crippen molar-refractivity contribution in [2.24, 2.45) is 0 Å². The monoisotopic (exact) mass is 426 g/mol. The number of hydrogen-bond acceptors (Lipinski definition) is 6. The third-order valence-electron chi connectivity index (χ3n) is 6.39. The summed E-state index contributed by atoms with van der Waals surface area (Å²) in [5.74, 6) is 0.747. The number of aromatic amines is 1. The van der Waals surface area contributed by atoms with Gasteiger partial charge in [0.15, 0.2) is 5.78 Å². The van der Waals surface area contributed by atoms with Crippen molar-refractivity contribution in [1.82, 2.24) is 20.2 Å². The first kappa shape index (κ1) is 19.0. The van der Waals surface area contributed by atoms with E-state index in [0.29, 0.717) is 17.1 Å². The number of H-pyrrole nitrogens is 1. The van der Waals surface area contributed by atoms with Crippen LogP contribution in [-0.4, -0.2) is 32.5 Å². The van der Waals surface area contributed by atoms with Gasteiger partial charge in [-0.2, -0.15) is 5.10 Å². The molecule has 1 fully saturated rings. The SMILES string of the molecule is CC(=O)c1c(N)ccc(-c2cnc3c(c2Cl)[C@]2(CC[C@H](c4ncn[nH]4)C2)CN3)c1F. The Labute approximate surface area is 177 Å². The summed E-state index contributed by atoms with van der Waals surface area (Å²) < 4.78 is 15.2. The summed E-state index contributed by atoms with van der Waals surface area (Å²) in [6, 6.07) is 3.08. The Balaban J connectivity index is 1.61. The molecule has 5 rings (SSSR count). The number of hydrogen-bond donors (Lipinski definition) is 3. The molecule has 1 aliphatic carbocycles. The predicted molar refractivity (Wildman–Crippen MR) is 112 cm³/mol. The fourth-order valence-electron chi connectivity index (χ4n) is 4.95. The fraction of sp³-hybridized carbons (Fsp3) is 0.333. The minimum atomic E-state index is -0.669. The number of nitrogens with two attached hydrogens (primary N) is 1. The number of halogens is 2. The van der Waals surface area contributed by atoms with Crippen LogP contribution in [0.3, 0.4) is 0 Å². The molecule has 3 heterocycles. The first-order valence-corrected chi connectivity index (χ1v) is 10.2. The van der Waals surface area contributed by atoms with Crippen molar-refractivity contribution in [3.8, 4) is 11.1 Å². The van der Waals surface area contributed by atoms with Crippen molar-refractivity contribution in [2.75, 3.05) is 17.6 Å². The summed E-state index contributed by atoms with van der Waals surface area (Å²) in [7, 11) is 0. The van der Waals surface area contributed by atoms with Crippen molar-refractivity contribution < 1.29 is 9.18 Å². The summed E-state index contributed by atoms with van der Waals surface area (Å²) in [6.45, 7) is 2.01. The molecule has 2 aliphatic rings. The summed E-state index contributed by atoms with van der Waals surface area (Å²) in [5.41, 5.74) is 7.19. The van der Waals surface area contributed by atoms with Gasteiger partial charge in [-0.15, -0.1) is 0 Å². The van der Waals surface area contributed by atoms with Gasteiger partial charge in [-0.3, -0.25) is 9.89 Å². The number of fused-ring (bicyclic) bond motifs is 2. The molecular formula is C21H20ClFN6O. The summed E-state index contributed by atoms with van der Waals surface area (Å²) in [6.07, 6.45) is 5.77. The first-order chi connectivity index (χ1) is 14.4. The lowest BCUT2D eigenvalue weighted by molar-refractivity contribution is 0.101. The van der Waals surface area contributed by atoms with Gasteiger partial charge in [0, 0.05) is 46.5 Å². The van der Waals surface area contributed by atoms with Crippen LogP contribution in [-0.2, 0) is 5.41 Å². The van der Waals surface area contributed by atoms with E-state index in [-0.39, 0.29) is 28.1 Å². The molecule has 0 bridgehead atoms. The summed E-state index contributed by atoms with van der Waals surface area (Å²) in [5, 5.41) is 10.8. The summed E-state index contributed by atoms with van der Waals surface area (Å²) >= 11 is 6.88. The Morgan fingerprint density at radius 3 is 2.90 bits per heavy atom. The van der Waals surface area contributed by atoms with E-state index < -0.39 is 11.6 Å². The average Bonchev–Trinajstić information content (AvgIpc) is 3.44. The van der Waals surface area contributed by atoms with Crippen LogP contribution in [0, 0.1) is 5.82 Å². The third kappa shape index (κ3) is 2.70. The number of nitrogens with zero attached hydrogens (tertiary/aromatic N) is 3. The summed E-state index contributed by atoms with van der Waals surface area (Å²) in [4.78, 5) is 20.7. The lowest BCUT2D eigenvalue weighted by Gasteiger charge is -2.25. The Morgan fingerprint density at radius 1 is 1.33 bits per heavy atom. The van der Waals surface area contributed by atoms with E-state index in [2.05, 4.69) is 25.5 Å². The molecule has 1 aliphatic heterocycles. The highest BCUT2D eigenvalue weighted by atomic mass is 35.5. The molecular weight excluding hydrogens is 407 g/mol. The first-order valence-electron chi connectivity index (χ1n) is 9.78. The van der Waals surface area contributed by atoms with Crippen molar-refractivity contribution in [1.29, 1.82) is 0 Å². The molecule has 4 N–H and O–H groups in total. The van der Waals surface area contributed by atoms with Crippen molar-refractivity contribution in [2.45, 2.75) is 37.5 Å². The molecule has 2 aromatic heterocycles. The van der Waals surface area contributed by atoms with Crippen LogP contribution in [0.15, 0.2) is 24.7 Å². The lowest BCUT2D eigenvalue weighted by atomic mass is 9.79. The molecule has 1 saturated carbocycles. The number of benzene rings is 1. The van der Waals surface area contributed by atoms with Crippen LogP contribution >= 0.6 is 11.6 Å². The molecule has 0 amide bonds. The minimum Gasteiger partial charge on any atom is -0.398 e. The Morgan fingerprint density at radius 2 is 2.17 bits per heavy atom. The van der Waals surface area contributed by atoms with Gasteiger partial charge in [0.1, 0.15) is 23.8 Å². The van der Waals surface area contributed by atoms with E-state index in [9.17, 15) is 4.79 Å². The van der Waals surface area contributed by atoms with E-state index in [1.54, 1.807) is 12.3 Å². The van der Waals surface area contributed by atoms with Crippen molar-refractivity contribution in [3.63, 3.8) is 0 Å². The normalized spacial score (nSPS) is 22.3. The number of aromatic nitrogens is 4. The standard InChI is InChI=1S/C21H20ClFN6O/c1-10(30)15-14(24)3-2-12(18(15)23)13-7-25-20-16(17(13)22)21(8-26-20)5-4-11(6-21)19-27-9-28-29-19/h2-3,7,9,11H,4-6,8,24H2,1H3,(H,25,26)(H,27,28,29)/t11-,21-/m0/s1. The van der Waals surface area contributed by atoms with Gasteiger partial charge in [-0.05, 0) is 38.3 Å². The number of ketones is 1. The molecule has 0 unspecified atom stereocenters. The highest BCUT2D eigenvalue weighted by Gasteiger charge is 2.48. The number of nitrogens with one attached hydrogen (secondary N) is 2. The van der Waals surface area contributed by atoms with Crippen LogP contribution in [0.25, 0.3) is 11.1 Å². The number of nitrogen functional groups attached to an aromatic ring is 1. The van der Waals surface area contributed by atoms with Gasteiger partial charge in [0.05, 0.1) is 10.6 Å². The smallest absolute Gasteiger partial charge is 0.164 e. The molecule has 3 aromatic rings. The van der Waals surface area contributed by atoms with Gasteiger partial charge in [0.2, 0.25) is 0 Å². The second kappa shape index (κ2) is 6.77. The van der Waals surface area contributed by atoms with Crippen LogP contribution in [0.5, 0.6) is 0 Å². The number of rotatable bonds is 3. The maximum Gasteiger partial charge on any atom is 0.164 e. The fourth-order valence-corrected chi connectivity index (χ4v) is 5.39. The lowest BCUT2D eigenvalue weighted by Crippen LogP contribution is -2.25. The zero-order chi connectivity index (χ0) is 21.0. The number of pyridine rings is 1. The maximum absolute atomic E-state index is 15.2. The maximum atomic E-state index is 15.2. The molecule has 9 heteroatoms. The zero-order valence-corrected chi connectivity index (χ0v) is 17.1. The van der Waals surface area contributed by atoms with Crippen LogP contribution in [0.1, 0.15) is 53.8 Å². The van der Waals surface area contributed by atoms with Gasteiger partial charge >= 0.3 is 0 Å². The second-order valence-corrected chi connectivity index (χ2v) is 8.48. The molecule has 7 nitrogen and oxygen atoms in total. The molecule has 2 atom stereocenters. The predicted octanol–water partition coefficient (Wildman–Crippen LogP) is 4.08. The Bertz CT molecular complexity index is 1160. The molecule has 154 valence electrons. The van der Waals surface area contributed by atoms with Gasteiger partial charge in [-0.25, -0.2) is 14.4 Å². The number of carbonyl (C=O) groups is 1. The number of Topliss-reactive ketones (excluding diaryl/α,β-unsaturated/α-hetero) is 1. The molecule has 1 aromatic carbocycles. The minimum absolute atomic E-state index is 0.109.